The summed E-state index contributed by atoms with van der Waals surface area (Å²) in [7, 11) is -3.48. The van der Waals surface area contributed by atoms with Crippen LogP contribution in [0.3, 0.4) is 0 Å². The molecule has 1 N–H and O–H groups in total. The molecule has 8 heteroatoms. The Kier molecular flexibility index (Phi) is 6.54. The molecule has 0 bridgehead atoms. The first-order valence-electron chi connectivity index (χ1n) is 9.89. The Labute approximate surface area is 171 Å². The summed E-state index contributed by atoms with van der Waals surface area (Å²) in [4.78, 5) is 12.0. The molecule has 3 rings (SSSR count). The molecule has 1 aromatic carbocycles. The third kappa shape index (κ3) is 4.76. The molecule has 0 aliphatic carbocycles. The first-order chi connectivity index (χ1) is 13.8. The quantitative estimate of drug-likeness (QED) is 0.765. The standard InChI is InChI=1S/C21H27N3O4S/c1-4-20(25)22-21-16(3)23-28-19(21)13-10-17-8-11-18(12-9-17)29(26,27)24-14-6-5-7-15(24)2/h8-13,15H,4-7,14H2,1-3H3,(H,22,25)/b13-10-/t15-/m0/s1. The number of piperidine rings is 1. The van der Waals surface area contributed by atoms with Crippen molar-refractivity contribution in [2.24, 2.45) is 0 Å². The first-order valence-corrected chi connectivity index (χ1v) is 11.3. The molecule has 156 valence electrons. The highest BCUT2D eigenvalue weighted by Gasteiger charge is 2.30. The largest absolute Gasteiger partial charge is 0.354 e. The summed E-state index contributed by atoms with van der Waals surface area (Å²) >= 11 is 0. The Morgan fingerprint density at radius 3 is 2.66 bits per heavy atom. The van der Waals surface area contributed by atoms with Crippen molar-refractivity contribution in [2.45, 2.75) is 57.4 Å². The molecule has 0 radical (unpaired) electrons. The van der Waals surface area contributed by atoms with Gasteiger partial charge in [-0.3, -0.25) is 4.79 Å². The number of carbonyl (C=O) groups is 1. The van der Waals surface area contributed by atoms with Gasteiger partial charge in [-0.25, -0.2) is 8.42 Å². The van der Waals surface area contributed by atoms with Crippen LogP contribution in [0, 0.1) is 6.92 Å². The number of benzene rings is 1. The maximum absolute atomic E-state index is 12.9. The Morgan fingerprint density at radius 1 is 1.28 bits per heavy atom. The van der Waals surface area contributed by atoms with Crippen LogP contribution in [-0.4, -0.2) is 36.4 Å². The third-order valence-corrected chi connectivity index (χ3v) is 7.16. The number of anilines is 1. The SMILES string of the molecule is CCC(=O)Nc1c(C)noc1/C=C\c1ccc(S(=O)(=O)N2CCCC[C@@H]2C)cc1. The van der Waals surface area contributed by atoms with Crippen molar-refractivity contribution in [2.75, 3.05) is 11.9 Å². The predicted molar refractivity (Wildman–Crippen MR) is 113 cm³/mol. The molecule has 1 aromatic heterocycles. The van der Waals surface area contributed by atoms with E-state index in [1.54, 1.807) is 54.6 Å². The molecule has 1 aliphatic heterocycles. The molecule has 29 heavy (non-hydrogen) atoms. The normalized spacial score (nSPS) is 18.2. The molecule has 0 spiro atoms. The highest BCUT2D eigenvalue weighted by molar-refractivity contribution is 7.89. The molecular formula is C21H27N3O4S. The van der Waals surface area contributed by atoms with Gasteiger partial charge >= 0.3 is 0 Å². The molecule has 2 heterocycles. The minimum atomic E-state index is -3.48. The van der Waals surface area contributed by atoms with Crippen LogP contribution in [0.4, 0.5) is 5.69 Å². The van der Waals surface area contributed by atoms with Crippen LogP contribution in [0.25, 0.3) is 12.2 Å². The molecule has 0 saturated carbocycles. The van der Waals surface area contributed by atoms with Gasteiger partial charge in [0.15, 0.2) is 5.76 Å². The van der Waals surface area contributed by atoms with Crippen molar-refractivity contribution in [1.29, 1.82) is 0 Å². The smallest absolute Gasteiger partial charge is 0.243 e. The highest BCUT2D eigenvalue weighted by atomic mass is 32.2. The van der Waals surface area contributed by atoms with Crippen LogP contribution in [-0.2, 0) is 14.8 Å². The van der Waals surface area contributed by atoms with Crippen LogP contribution in [0.5, 0.6) is 0 Å². The van der Waals surface area contributed by atoms with E-state index in [9.17, 15) is 13.2 Å². The second-order valence-electron chi connectivity index (χ2n) is 7.27. The van der Waals surface area contributed by atoms with Crippen molar-refractivity contribution in [3.63, 3.8) is 0 Å². The van der Waals surface area contributed by atoms with Crippen LogP contribution in [0.1, 0.15) is 56.5 Å². The number of aryl methyl sites for hydroxylation is 1. The van der Waals surface area contributed by atoms with E-state index in [0.29, 0.717) is 35.0 Å². The fourth-order valence-corrected chi connectivity index (χ4v) is 5.07. The number of amides is 1. The fourth-order valence-electron chi connectivity index (χ4n) is 3.37. The number of hydrogen-bond acceptors (Lipinski definition) is 5. The number of aromatic nitrogens is 1. The predicted octanol–water partition coefficient (Wildman–Crippen LogP) is 4.07. The maximum Gasteiger partial charge on any atom is 0.243 e. The summed E-state index contributed by atoms with van der Waals surface area (Å²) in [5.41, 5.74) is 1.97. The lowest BCUT2D eigenvalue weighted by Crippen LogP contribution is -2.41. The van der Waals surface area contributed by atoms with E-state index in [-0.39, 0.29) is 11.9 Å². The Bertz CT molecular complexity index is 993. The van der Waals surface area contributed by atoms with E-state index in [4.69, 9.17) is 4.52 Å². The summed E-state index contributed by atoms with van der Waals surface area (Å²) in [6.07, 6.45) is 6.73. The molecular weight excluding hydrogens is 390 g/mol. The van der Waals surface area contributed by atoms with Crippen molar-refractivity contribution >= 4 is 33.8 Å². The van der Waals surface area contributed by atoms with Gasteiger partial charge in [0.05, 0.1) is 4.90 Å². The van der Waals surface area contributed by atoms with Crippen molar-refractivity contribution in [3.05, 3.63) is 41.3 Å². The number of hydrogen-bond donors (Lipinski definition) is 1. The average Bonchev–Trinajstić information content (AvgIpc) is 3.06. The molecule has 1 fully saturated rings. The Balaban J connectivity index is 1.77. The third-order valence-electron chi connectivity index (χ3n) is 5.13. The van der Waals surface area contributed by atoms with E-state index < -0.39 is 10.0 Å². The van der Waals surface area contributed by atoms with Gasteiger partial charge in [-0.1, -0.05) is 36.7 Å². The van der Waals surface area contributed by atoms with Gasteiger partial charge in [0.1, 0.15) is 11.4 Å². The zero-order chi connectivity index (χ0) is 21.0. The van der Waals surface area contributed by atoms with Crippen LogP contribution < -0.4 is 5.32 Å². The molecule has 0 unspecified atom stereocenters. The number of carbonyl (C=O) groups excluding carboxylic acids is 1. The second-order valence-corrected chi connectivity index (χ2v) is 9.16. The van der Waals surface area contributed by atoms with E-state index in [1.165, 1.54) is 0 Å². The lowest BCUT2D eigenvalue weighted by Gasteiger charge is -2.32. The topological polar surface area (TPSA) is 92.5 Å². The molecule has 7 nitrogen and oxygen atoms in total. The minimum Gasteiger partial charge on any atom is -0.354 e. The zero-order valence-corrected chi connectivity index (χ0v) is 17.8. The van der Waals surface area contributed by atoms with E-state index in [1.807, 2.05) is 6.92 Å². The van der Waals surface area contributed by atoms with Gasteiger partial charge in [0.25, 0.3) is 0 Å². The van der Waals surface area contributed by atoms with E-state index in [2.05, 4.69) is 10.5 Å². The lowest BCUT2D eigenvalue weighted by atomic mass is 10.1. The summed E-state index contributed by atoms with van der Waals surface area (Å²) in [6.45, 7) is 6.06. The fraction of sp³-hybridized carbons (Fsp3) is 0.429. The Hall–Kier alpha value is -2.45. The summed E-state index contributed by atoms with van der Waals surface area (Å²) in [6, 6.07) is 6.79. The summed E-state index contributed by atoms with van der Waals surface area (Å²) in [5, 5.41) is 6.68. The van der Waals surface area contributed by atoms with Gasteiger partial charge in [-0.2, -0.15) is 4.31 Å². The maximum atomic E-state index is 12.9. The minimum absolute atomic E-state index is 0.0276. The van der Waals surface area contributed by atoms with Crippen LogP contribution in [0.2, 0.25) is 0 Å². The number of nitrogens with zero attached hydrogens (tertiary/aromatic N) is 2. The van der Waals surface area contributed by atoms with E-state index in [0.717, 1.165) is 24.8 Å². The Morgan fingerprint density at radius 2 is 2.00 bits per heavy atom. The molecule has 1 aliphatic rings. The monoisotopic (exact) mass is 417 g/mol. The van der Waals surface area contributed by atoms with Crippen molar-refractivity contribution in [1.82, 2.24) is 9.46 Å². The van der Waals surface area contributed by atoms with Gasteiger partial charge in [0.2, 0.25) is 15.9 Å². The van der Waals surface area contributed by atoms with Gasteiger partial charge < -0.3 is 9.84 Å². The highest BCUT2D eigenvalue weighted by Crippen LogP contribution is 2.26. The zero-order valence-electron chi connectivity index (χ0n) is 17.0. The molecule has 2 aromatic rings. The molecule has 1 amide bonds. The van der Waals surface area contributed by atoms with Gasteiger partial charge in [-0.05, 0) is 50.5 Å². The van der Waals surface area contributed by atoms with Crippen molar-refractivity contribution in [3.8, 4) is 0 Å². The first kappa shape index (κ1) is 21.3. The molecule has 1 atom stereocenters. The summed E-state index contributed by atoms with van der Waals surface area (Å²) < 4.78 is 32.7. The second kappa shape index (κ2) is 8.92. The van der Waals surface area contributed by atoms with Crippen molar-refractivity contribution < 1.29 is 17.7 Å². The van der Waals surface area contributed by atoms with Crippen LogP contribution in [0.15, 0.2) is 33.7 Å². The number of nitrogens with one attached hydrogen (secondary N) is 1. The molecule has 1 saturated heterocycles. The van der Waals surface area contributed by atoms with Gasteiger partial charge in [0, 0.05) is 19.0 Å². The van der Waals surface area contributed by atoms with Crippen LogP contribution >= 0.6 is 0 Å². The van der Waals surface area contributed by atoms with E-state index >= 15 is 0 Å². The summed E-state index contributed by atoms with van der Waals surface area (Å²) in [5.74, 6) is 0.329. The number of rotatable bonds is 6. The number of sulfonamides is 1. The lowest BCUT2D eigenvalue weighted by molar-refractivity contribution is -0.115. The van der Waals surface area contributed by atoms with Gasteiger partial charge in [-0.15, -0.1) is 0 Å². The average molecular weight is 418 g/mol.